The fraction of sp³-hybridized carbons (Fsp3) is 0.778. The number of nitrogens with zero attached hydrogens (tertiary/aromatic N) is 4. The molecule has 0 amide bonds. The molecule has 1 aliphatic rings. The van der Waals surface area contributed by atoms with E-state index >= 15 is 0 Å². The molecule has 0 aliphatic carbocycles. The summed E-state index contributed by atoms with van der Waals surface area (Å²) in [7, 11) is -1.94. The van der Waals surface area contributed by atoms with Gasteiger partial charge >= 0.3 is 0 Å². The molecule has 1 unspecified atom stereocenters. The molecule has 1 atom stereocenters. The number of alkyl halides is 1. The summed E-state index contributed by atoms with van der Waals surface area (Å²) in [6, 6.07) is 0. The molecule has 6 nitrogen and oxygen atoms in total. The summed E-state index contributed by atoms with van der Waals surface area (Å²) in [6.07, 6.45) is 1.94. The zero-order valence-corrected chi connectivity index (χ0v) is 13.9. The number of hydrogen-bond acceptors (Lipinski definition) is 4. The van der Waals surface area contributed by atoms with Crippen molar-refractivity contribution < 1.29 is 8.42 Å². The predicted octanol–water partition coefficient (Wildman–Crippen LogP) is 1.37. The molecular weight excluding hydrogens is 388 g/mol. The number of aromatic nitrogens is 3. The summed E-state index contributed by atoms with van der Waals surface area (Å²) in [5.74, 6) is 0.369. The molecule has 0 spiro atoms. The Bertz CT molecular complexity index is 511. The van der Waals surface area contributed by atoms with Crippen LogP contribution in [0.4, 0.5) is 0 Å². The molecule has 9 heteroatoms. The summed E-state index contributed by atoms with van der Waals surface area (Å²) in [5, 5.41) is 8.40. The first-order chi connectivity index (χ1) is 8.46. The quantitative estimate of drug-likeness (QED) is 0.717. The first kappa shape index (κ1) is 14.4. The lowest BCUT2D eigenvalue weighted by molar-refractivity contribution is 0.283. The van der Waals surface area contributed by atoms with E-state index in [9.17, 15) is 8.42 Å². The van der Waals surface area contributed by atoms with E-state index < -0.39 is 10.0 Å². The maximum absolute atomic E-state index is 12.5. The van der Waals surface area contributed by atoms with Crippen molar-refractivity contribution in [1.82, 2.24) is 19.3 Å². The van der Waals surface area contributed by atoms with E-state index in [2.05, 4.69) is 42.2 Å². The van der Waals surface area contributed by atoms with Gasteiger partial charge in [0.1, 0.15) is 0 Å². The molecule has 0 radical (unpaired) electrons. The highest BCUT2D eigenvalue weighted by Crippen LogP contribution is 2.27. The molecule has 1 fully saturated rings. The smallest absolute Gasteiger partial charge is 0.235 e. The van der Waals surface area contributed by atoms with E-state index in [1.165, 1.54) is 8.99 Å². The maximum Gasteiger partial charge on any atom is 0.263 e. The highest BCUT2D eigenvalue weighted by atomic mass is 79.9. The van der Waals surface area contributed by atoms with Crippen LogP contribution in [0.5, 0.6) is 0 Å². The molecule has 1 aliphatic heterocycles. The molecule has 0 bridgehead atoms. The van der Waals surface area contributed by atoms with Crippen molar-refractivity contribution in [2.45, 2.75) is 17.9 Å². The molecule has 18 heavy (non-hydrogen) atoms. The Morgan fingerprint density at radius 2 is 2.22 bits per heavy atom. The Morgan fingerprint density at radius 3 is 2.78 bits per heavy atom. The average molecular weight is 402 g/mol. The van der Waals surface area contributed by atoms with E-state index in [0.29, 0.717) is 19.0 Å². The molecule has 1 aromatic heterocycles. The molecule has 0 saturated carbocycles. The van der Waals surface area contributed by atoms with Crippen molar-refractivity contribution in [2.24, 2.45) is 13.0 Å². The van der Waals surface area contributed by atoms with Gasteiger partial charge in [0, 0.05) is 25.5 Å². The summed E-state index contributed by atoms with van der Waals surface area (Å²) in [5.41, 5.74) is 0. The largest absolute Gasteiger partial charge is 0.263 e. The third-order valence-electron chi connectivity index (χ3n) is 3.02. The molecule has 1 aromatic rings. The third-order valence-corrected chi connectivity index (χ3v) is 6.69. The summed E-state index contributed by atoms with van der Waals surface area (Å²) in [6.45, 7) is 1.11. The van der Waals surface area contributed by atoms with Crippen LogP contribution in [0.25, 0.3) is 0 Å². The average Bonchev–Trinajstić information content (AvgIpc) is 2.69. The van der Waals surface area contributed by atoms with Crippen molar-refractivity contribution in [2.75, 3.05) is 18.4 Å². The number of piperidine rings is 1. The van der Waals surface area contributed by atoms with Gasteiger partial charge in [0.2, 0.25) is 5.03 Å². The normalized spacial score (nSPS) is 22.3. The molecule has 0 aromatic carbocycles. The Kier molecular flexibility index (Phi) is 4.45. The number of halogens is 2. The van der Waals surface area contributed by atoms with Gasteiger partial charge in [-0.1, -0.05) is 21.1 Å². The van der Waals surface area contributed by atoms with Crippen LogP contribution in [0.3, 0.4) is 0 Å². The van der Waals surface area contributed by atoms with Crippen LogP contribution in [0.1, 0.15) is 12.8 Å². The van der Waals surface area contributed by atoms with Gasteiger partial charge in [-0.3, -0.25) is 0 Å². The van der Waals surface area contributed by atoms with Crippen LogP contribution in [0, 0.1) is 5.92 Å². The SMILES string of the molecule is Cn1nnc(Br)c1S(=O)(=O)N1CCCC(CBr)C1. The lowest BCUT2D eigenvalue weighted by atomic mass is 10.0. The minimum Gasteiger partial charge on any atom is -0.235 e. The number of hydrogen-bond donors (Lipinski definition) is 0. The fourth-order valence-electron chi connectivity index (χ4n) is 2.09. The number of rotatable bonds is 3. The van der Waals surface area contributed by atoms with Gasteiger partial charge in [-0.2, -0.15) is 4.31 Å². The van der Waals surface area contributed by atoms with Crippen LogP contribution in [-0.2, 0) is 17.1 Å². The van der Waals surface area contributed by atoms with E-state index in [-0.39, 0.29) is 9.63 Å². The monoisotopic (exact) mass is 400 g/mol. The summed E-state index contributed by atoms with van der Waals surface area (Å²) < 4.78 is 28.1. The van der Waals surface area contributed by atoms with Crippen LogP contribution < -0.4 is 0 Å². The highest BCUT2D eigenvalue weighted by Gasteiger charge is 2.34. The Hall–Kier alpha value is 0.01000. The van der Waals surface area contributed by atoms with Gasteiger partial charge in [-0.25, -0.2) is 13.1 Å². The Morgan fingerprint density at radius 1 is 1.50 bits per heavy atom. The zero-order valence-electron chi connectivity index (χ0n) is 9.88. The lowest BCUT2D eigenvalue weighted by Gasteiger charge is -2.30. The summed E-state index contributed by atoms with van der Waals surface area (Å²) in [4.78, 5) is 0. The minimum absolute atomic E-state index is 0.123. The van der Waals surface area contributed by atoms with Crippen molar-refractivity contribution in [1.29, 1.82) is 0 Å². The highest BCUT2D eigenvalue weighted by molar-refractivity contribution is 9.10. The van der Waals surface area contributed by atoms with E-state index in [4.69, 9.17) is 0 Å². The number of sulfonamides is 1. The third kappa shape index (κ3) is 2.63. The van der Waals surface area contributed by atoms with Crippen molar-refractivity contribution in [3.63, 3.8) is 0 Å². The zero-order chi connectivity index (χ0) is 13.3. The van der Waals surface area contributed by atoms with Crippen molar-refractivity contribution in [3.8, 4) is 0 Å². The van der Waals surface area contributed by atoms with Gasteiger partial charge in [0.25, 0.3) is 10.0 Å². The Labute approximate surface area is 123 Å². The second-order valence-corrected chi connectivity index (χ2v) is 7.59. The standard InChI is InChI=1S/C9H14Br2N4O2S/c1-14-9(8(11)12-13-14)18(16,17)15-4-2-3-7(5-10)6-15/h7H,2-6H2,1H3. The topological polar surface area (TPSA) is 68.1 Å². The summed E-state index contributed by atoms with van der Waals surface area (Å²) >= 11 is 6.56. The second kappa shape index (κ2) is 5.56. The molecular formula is C9H14Br2N4O2S. The first-order valence-corrected chi connectivity index (χ1v) is 8.93. The predicted molar refractivity (Wildman–Crippen MR) is 74.0 cm³/mol. The van der Waals surface area contributed by atoms with Crippen LogP contribution in [0.2, 0.25) is 0 Å². The number of aryl methyl sites for hydroxylation is 1. The van der Waals surface area contributed by atoms with Crippen molar-refractivity contribution in [3.05, 3.63) is 4.60 Å². The minimum atomic E-state index is -3.52. The van der Waals surface area contributed by atoms with Gasteiger partial charge < -0.3 is 0 Å². The molecule has 2 rings (SSSR count). The molecule has 1 saturated heterocycles. The first-order valence-electron chi connectivity index (χ1n) is 5.58. The second-order valence-electron chi connectivity index (χ2n) is 4.33. The van der Waals surface area contributed by atoms with E-state index in [1.807, 2.05) is 0 Å². The van der Waals surface area contributed by atoms with E-state index in [0.717, 1.165) is 18.2 Å². The van der Waals surface area contributed by atoms with Gasteiger partial charge in [-0.15, -0.1) is 5.10 Å². The molecule has 2 heterocycles. The van der Waals surface area contributed by atoms with Crippen LogP contribution >= 0.6 is 31.9 Å². The van der Waals surface area contributed by atoms with Crippen LogP contribution in [-0.4, -0.2) is 46.1 Å². The van der Waals surface area contributed by atoms with Gasteiger partial charge in [0.05, 0.1) is 0 Å². The van der Waals surface area contributed by atoms with Gasteiger partial charge in [0.15, 0.2) is 4.60 Å². The molecule has 102 valence electrons. The van der Waals surface area contributed by atoms with Gasteiger partial charge in [-0.05, 0) is 34.7 Å². The maximum atomic E-state index is 12.5. The lowest BCUT2D eigenvalue weighted by Crippen LogP contribution is -2.41. The van der Waals surface area contributed by atoms with Crippen molar-refractivity contribution >= 4 is 41.9 Å². The molecule has 0 N–H and O–H groups in total. The van der Waals surface area contributed by atoms with E-state index in [1.54, 1.807) is 7.05 Å². The Balaban J connectivity index is 2.31. The fourth-order valence-corrected chi connectivity index (χ4v) is 5.20. The van der Waals surface area contributed by atoms with Crippen LogP contribution in [0.15, 0.2) is 9.63 Å².